The summed E-state index contributed by atoms with van der Waals surface area (Å²) >= 11 is 0. The van der Waals surface area contributed by atoms with Gasteiger partial charge in [0.25, 0.3) is 11.0 Å². The minimum absolute atomic E-state index is 0.416. The number of benzene rings is 1. The fourth-order valence-corrected chi connectivity index (χ4v) is 2.06. The zero-order valence-corrected chi connectivity index (χ0v) is 11.4. The second kappa shape index (κ2) is 5.64. The topological polar surface area (TPSA) is 89.1 Å². The van der Waals surface area contributed by atoms with E-state index in [1.807, 2.05) is 26.8 Å². The lowest BCUT2D eigenvalue weighted by atomic mass is 10.2. The van der Waals surface area contributed by atoms with E-state index in [-0.39, 0.29) is 0 Å². The van der Waals surface area contributed by atoms with Gasteiger partial charge in [-0.1, -0.05) is 0 Å². The molecule has 1 aromatic heterocycles. The zero-order chi connectivity index (χ0) is 13.8. The minimum atomic E-state index is 0.416. The number of hydrogen-bond donors (Lipinski definition) is 3. The fourth-order valence-electron chi connectivity index (χ4n) is 2.06. The molecule has 0 bridgehead atoms. The predicted molar refractivity (Wildman–Crippen MR) is 75.5 cm³/mol. The first-order chi connectivity index (χ1) is 9.22. The molecule has 2 rings (SSSR count). The van der Waals surface area contributed by atoms with Gasteiger partial charge in [-0.2, -0.15) is 0 Å². The molecule has 0 spiro atoms. The molecule has 0 amide bonds. The van der Waals surface area contributed by atoms with Gasteiger partial charge in [-0.25, -0.2) is 0 Å². The summed E-state index contributed by atoms with van der Waals surface area (Å²) in [7, 11) is 0. The normalized spacial score (nSPS) is 10.7. The van der Waals surface area contributed by atoms with Crippen molar-refractivity contribution in [1.29, 1.82) is 0 Å². The second-order valence-electron chi connectivity index (χ2n) is 4.06. The smallest absolute Gasteiger partial charge is 0.275 e. The van der Waals surface area contributed by atoms with Crippen LogP contribution in [0, 0.1) is 5.21 Å². The summed E-state index contributed by atoms with van der Waals surface area (Å²) in [5, 5.41) is 25.2. The summed E-state index contributed by atoms with van der Waals surface area (Å²) in [4.78, 5) is 0.434. The van der Waals surface area contributed by atoms with E-state index in [1.54, 1.807) is 0 Å². The van der Waals surface area contributed by atoms with Crippen LogP contribution in [0.25, 0.3) is 11.0 Å². The number of rotatable bonds is 6. The Balaban J connectivity index is 2.67. The summed E-state index contributed by atoms with van der Waals surface area (Å²) < 4.78 is 4.73. The van der Waals surface area contributed by atoms with Gasteiger partial charge in [0.05, 0.1) is 11.4 Å². The maximum atomic E-state index is 11.7. The highest BCUT2D eigenvalue weighted by Crippen LogP contribution is 2.34. The number of aromatic nitrogens is 2. The molecule has 0 unspecified atom stereocenters. The van der Waals surface area contributed by atoms with Crippen molar-refractivity contribution in [2.24, 2.45) is 0 Å². The van der Waals surface area contributed by atoms with Gasteiger partial charge >= 0.3 is 0 Å². The Morgan fingerprint density at radius 2 is 1.74 bits per heavy atom. The van der Waals surface area contributed by atoms with E-state index in [9.17, 15) is 5.21 Å². The van der Waals surface area contributed by atoms with Crippen molar-refractivity contribution in [2.75, 3.05) is 35.6 Å². The molecule has 0 saturated carbocycles. The van der Waals surface area contributed by atoms with Crippen molar-refractivity contribution in [2.45, 2.75) is 20.8 Å². The molecule has 7 nitrogen and oxygen atoms in total. The fraction of sp³-hybridized carbons (Fsp3) is 0.500. The summed E-state index contributed by atoms with van der Waals surface area (Å²) in [6, 6.07) is 1.90. The molecule has 0 saturated heterocycles. The third kappa shape index (κ3) is 2.35. The Labute approximate surface area is 111 Å². The lowest BCUT2D eigenvalue weighted by Gasteiger charge is -2.13. The Bertz CT molecular complexity index is 567. The van der Waals surface area contributed by atoms with Crippen molar-refractivity contribution >= 4 is 28.1 Å². The third-order valence-electron chi connectivity index (χ3n) is 2.75. The number of fused-ring (bicyclic) bond motifs is 1. The van der Waals surface area contributed by atoms with Gasteiger partial charge in [0.1, 0.15) is 5.69 Å². The van der Waals surface area contributed by atoms with Gasteiger partial charge in [-0.05, 0) is 31.7 Å². The SMILES string of the molecule is CCNc1cc(NCC)c2c(no[n+]2[O-])c1NCC. The number of hydrogen-bond acceptors (Lipinski definition) is 6. The van der Waals surface area contributed by atoms with Crippen LogP contribution < -0.4 is 20.9 Å². The van der Waals surface area contributed by atoms with E-state index in [0.717, 1.165) is 24.5 Å². The average molecular weight is 265 g/mol. The van der Waals surface area contributed by atoms with Crippen LogP contribution in [0.1, 0.15) is 20.8 Å². The van der Waals surface area contributed by atoms with Crippen molar-refractivity contribution in [3.8, 4) is 0 Å². The van der Waals surface area contributed by atoms with Gasteiger partial charge in [0.15, 0.2) is 0 Å². The molecule has 0 aliphatic rings. The Hall–Kier alpha value is -2.18. The maximum absolute atomic E-state index is 11.7. The summed E-state index contributed by atoms with van der Waals surface area (Å²) in [6.07, 6.45) is 0. The van der Waals surface area contributed by atoms with Crippen LogP contribution in [0.3, 0.4) is 0 Å². The van der Waals surface area contributed by atoms with Crippen molar-refractivity contribution in [3.63, 3.8) is 0 Å². The van der Waals surface area contributed by atoms with E-state index >= 15 is 0 Å². The first-order valence-corrected chi connectivity index (χ1v) is 6.50. The Morgan fingerprint density at radius 1 is 1.11 bits per heavy atom. The maximum Gasteiger partial charge on any atom is 0.275 e. The molecule has 0 atom stereocenters. The zero-order valence-electron chi connectivity index (χ0n) is 11.4. The van der Waals surface area contributed by atoms with Gasteiger partial charge < -0.3 is 21.2 Å². The van der Waals surface area contributed by atoms with Crippen LogP contribution in [0.2, 0.25) is 0 Å². The summed E-state index contributed by atoms with van der Waals surface area (Å²) in [6.45, 7) is 8.21. The van der Waals surface area contributed by atoms with E-state index in [0.29, 0.717) is 28.2 Å². The molecule has 1 heterocycles. The van der Waals surface area contributed by atoms with E-state index in [1.165, 1.54) is 0 Å². The molecular weight excluding hydrogens is 246 g/mol. The standard InChI is InChI=1S/C12H19N5O2/c1-4-13-8-7-9(14-5-2)12-11(10(8)15-6-3)16-19-17(12)18/h7,13-15H,4-6H2,1-3H3. The van der Waals surface area contributed by atoms with E-state index in [2.05, 4.69) is 21.1 Å². The van der Waals surface area contributed by atoms with Crippen molar-refractivity contribution in [3.05, 3.63) is 11.3 Å². The van der Waals surface area contributed by atoms with Gasteiger partial charge in [0, 0.05) is 24.8 Å². The second-order valence-corrected chi connectivity index (χ2v) is 4.06. The van der Waals surface area contributed by atoms with Gasteiger partial charge in [-0.15, -0.1) is 0 Å². The molecule has 104 valence electrons. The molecule has 19 heavy (non-hydrogen) atoms. The van der Waals surface area contributed by atoms with Crippen LogP contribution in [-0.4, -0.2) is 24.8 Å². The van der Waals surface area contributed by atoms with E-state index < -0.39 is 0 Å². The first kappa shape index (κ1) is 13.3. The lowest BCUT2D eigenvalue weighted by Crippen LogP contribution is -2.24. The van der Waals surface area contributed by atoms with Crippen molar-refractivity contribution in [1.82, 2.24) is 5.16 Å². The number of nitrogens with one attached hydrogen (secondary N) is 3. The minimum Gasteiger partial charge on any atom is -0.383 e. The van der Waals surface area contributed by atoms with Crippen molar-refractivity contribution < 1.29 is 9.53 Å². The summed E-state index contributed by atoms with van der Waals surface area (Å²) in [5.74, 6) is 0. The molecule has 0 aliphatic heterocycles. The third-order valence-corrected chi connectivity index (χ3v) is 2.75. The first-order valence-electron chi connectivity index (χ1n) is 6.50. The Morgan fingerprint density at radius 3 is 2.37 bits per heavy atom. The number of nitrogens with zero attached hydrogens (tertiary/aromatic N) is 2. The predicted octanol–water partition coefficient (Wildman–Crippen LogP) is 1.76. The van der Waals surface area contributed by atoms with Crippen LogP contribution >= 0.6 is 0 Å². The average Bonchev–Trinajstić information content (AvgIpc) is 2.77. The molecule has 2 aromatic rings. The summed E-state index contributed by atoms with van der Waals surface area (Å²) in [5.41, 5.74) is 3.36. The Kier molecular flexibility index (Phi) is 3.94. The van der Waals surface area contributed by atoms with E-state index in [4.69, 9.17) is 4.63 Å². The molecule has 3 N–H and O–H groups in total. The van der Waals surface area contributed by atoms with Crippen LogP contribution in [0.4, 0.5) is 17.1 Å². The monoisotopic (exact) mass is 265 g/mol. The van der Waals surface area contributed by atoms with Gasteiger partial charge in [-0.3, -0.25) is 4.63 Å². The van der Waals surface area contributed by atoms with Crippen LogP contribution in [0.15, 0.2) is 10.7 Å². The van der Waals surface area contributed by atoms with Crippen LogP contribution in [-0.2, 0) is 0 Å². The van der Waals surface area contributed by atoms with Crippen LogP contribution in [0.5, 0.6) is 0 Å². The van der Waals surface area contributed by atoms with Gasteiger partial charge in [0.2, 0.25) is 0 Å². The quantitative estimate of drug-likeness (QED) is 0.690. The highest BCUT2D eigenvalue weighted by molar-refractivity contribution is 6.01. The molecule has 7 heteroatoms. The molecule has 0 radical (unpaired) electrons. The lowest BCUT2D eigenvalue weighted by molar-refractivity contribution is -0.781. The highest BCUT2D eigenvalue weighted by atomic mass is 16.8. The number of anilines is 3. The largest absolute Gasteiger partial charge is 0.383 e. The molecule has 0 fully saturated rings. The molecular formula is C12H19N5O2. The highest BCUT2D eigenvalue weighted by Gasteiger charge is 2.22. The molecule has 0 aliphatic carbocycles. The molecule has 1 aromatic carbocycles.